The van der Waals surface area contributed by atoms with Gasteiger partial charge in [-0.15, -0.1) is 0 Å². The van der Waals surface area contributed by atoms with Gasteiger partial charge in [0.25, 0.3) is 0 Å². The summed E-state index contributed by atoms with van der Waals surface area (Å²) in [6, 6.07) is 0. The topological polar surface area (TPSA) is 24.1 Å². The second-order valence-electron chi connectivity index (χ2n) is 3.25. The zero-order chi connectivity index (χ0) is 8.69. The Morgan fingerprint density at radius 2 is 2.09 bits per heavy atom. The lowest BCUT2D eigenvalue weighted by molar-refractivity contribution is 0.479. The first kappa shape index (κ1) is 10.7. The van der Waals surface area contributed by atoms with Gasteiger partial charge in [-0.1, -0.05) is 18.6 Å². The van der Waals surface area contributed by atoms with E-state index in [1.54, 1.807) is 0 Å². The minimum atomic E-state index is 0.706. The molecule has 66 valence electrons. The van der Waals surface area contributed by atoms with Gasteiger partial charge in [-0.05, 0) is 33.2 Å². The molecule has 2 N–H and O–H groups in total. The molecule has 2 nitrogen and oxygen atoms in total. The fourth-order valence-electron chi connectivity index (χ4n) is 0.797. The van der Waals surface area contributed by atoms with Gasteiger partial charge >= 0.3 is 0 Å². The number of hydrogen-bond donors (Lipinski definition) is 2. The van der Waals surface area contributed by atoms with Gasteiger partial charge in [0.15, 0.2) is 0 Å². The van der Waals surface area contributed by atoms with Crippen molar-refractivity contribution in [1.29, 1.82) is 0 Å². The summed E-state index contributed by atoms with van der Waals surface area (Å²) in [5.41, 5.74) is 7.41. The highest BCUT2D eigenvalue weighted by molar-refractivity contribution is 4.93. The predicted octanol–water partition coefficient (Wildman–Crippen LogP) is 1.70. The Balaban J connectivity index is 3.36. The molecular formula is C9H20N2. The van der Waals surface area contributed by atoms with Crippen LogP contribution in [0.5, 0.6) is 0 Å². The molecule has 0 rings (SSSR count). The van der Waals surface area contributed by atoms with Crippen molar-refractivity contribution in [2.45, 2.75) is 27.2 Å². The first-order chi connectivity index (χ1) is 5.16. The molecule has 0 aliphatic heterocycles. The Bertz CT molecular complexity index is 115. The van der Waals surface area contributed by atoms with Crippen LogP contribution in [-0.4, -0.2) is 13.6 Å². The van der Waals surface area contributed by atoms with Crippen molar-refractivity contribution in [2.24, 2.45) is 5.92 Å². The van der Waals surface area contributed by atoms with E-state index in [4.69, 9.17) is 0 Å². The molecule has 0 aliphatic carbocycles. The monoisotopic (exact) mass is 156 g/mol. The highest BCUT2D eigenvalue weighted by Crippen LogP contribution is 2.03. The summed E-state index contributed by atoms with van der Waals surface area (Å²) in [6.45, 7) is 7.54. The van der Waals surface area contributed by atoms with Crippen LogP contribution in [-0.2, 0) is 0 Å². The number of rotatable bonds is 5. The van der Waals surface area contributed by atoms with Gasteiger partial charge in [0.1, 0.15) is 0 Å². The zero-order valence-electron chi connectivity index (χ0n) is 8.07. The molecule has 0 radical (unpaired) electrons. The number of hydrogen-bond acceptors (Lipinski definition) is 2. The molecule has 0 amide bonds. The third-order valence-electron chi connectivity index (χ3n) is 1.56. The quantitative estimate of drug-likeness (QED) is 0.467. The fraction of sp³-hybridized carbons (Fsp3) is 0.778. The van der Waals surface area contributed by atoms with Crippen LogP contribution in [0.25, 0.3) is 0 Å². The van der Waals surface area contributed by atoms with E-state index >= 15 is 0 Å². The third kappa shape index (κ3) is 7.56. The Hall–Kier alpha value is -0.340. The average Bonchev–Trinajstić information content (AvgIpc) is 1.97. The lowest BCUT2D eigenvalue weighted by atomic mass is 10.1. The molecular weight excluding hydrogens is 136 g/mol. The molecule has 0 aromatic carbocycles. The van der Waals surface area contributed by atoms with Crippen molar-refractivity contribution >= 4 is 0 Å². The second-order valence-corrected chi connectivity index (χ2v) is 3.25. The Labute approximate surface area is 70.0 Å². The Morgan fingerprint density at radius 3 is 2.55 bits per heavy atom. The van der Waals surface area contributed by atoms with Crippen LogP contribution in [0.4, 0.5) is 0 Å². The van der Waals surface area contributed by atoms with E-state index in [2.05, 4.69) is 37.7 Å². The Morgan fingerprint density at radius 1 is 1.45 bits per heavy atom. The summed E-state index contributed by atoms with van der Waals surface area (Å²) in [5, 5.41) is 0. The van der Waals surface area contributed by atoms with Crippen molar-refractivity contribution in [1.82, 2.24) is 10.9 Å². The van der Waals surface area contributed by atoms with E-state index in [0.717, 1.165) is 13.0 Å². The SMILES string of the molecule is CNNCC(C)CC=C(C)C. The predicted molar refractivity (Wildman–Crippen MR) is 50.3 cm³/mol. The maximum absolute atomic E-state index is 3.09. The van der Waals surface area contributed by atoms with Crippen LogP contribution in [0.1, 0.15) is 27.2 Å². The van der Waals surface area contributed by atoms with E-state index in [9.17, 15) is 0 Å². The molecule has 0 saturated carbocycles. The van der Waals surface area contributed by atoms with Crippen LogP contribution in [0.3, 0.4) is 0 Å². The summed E-state index contributed by atoms with van der Waals surface area (Å²) in [5.74, 6) is 0.706. The van der Waals surface area contributed by atoms with Crippen molar-refractivity contribution in [2.75, 3.05) is 13.6 Å². The van der Waals surface area contributed by atoms with Crippen molar-refractivity contribution in [3.63, 3.8) is 0 Å². The van der Waals surface area contributed by atoms with E-state index in [-0.39, 0.29) is 0 Å². The minimum Gasteiger partial charge on any atom is -0.261 e. The van der Waals surface area contributed by atoms with Crippen LogP contribution in [0.2, 0.25) is 0 Å². The molecule has 0 aromatic heterocycles. The summed E-state index contributed by atoms with van der Waals surface area (Å²) >= 11 is 0. The lowest BCUT2D eigenvalue weighted by Gasteiger charge is -2.09. The molecule has 0 aliphatic rings. The molecule has 0 aromatic rings. The van der Waals surface area contributed by atoms with Crippen molar-refractivity contribution in [3.05, 3.63) is 11.6 Å². The Kier molecular flexibility index (Phi) is 6.18. The van der Waals surface area contributed by atoms with Gasteiger partial charge in [0.05, 0.1) is 0 Å². The first-order valence-corrected chi connectivity index (χ1v) is 4.19. The molecule has 1 unspecified atom stereocenters. The van der Waals surface area contributed by atoms with E-state index < -0.39 is 0 Å². The van der Waals surface area contributed by atoms with E-state index in [1.807, 2.05) is 7.05 Å². The van der Waals surface area contributed by atoms with Crippen LogP contribution < -0.4 is 10.9 Å². The van der Waals surface area contributed by atoms with Gasteiger partial charge in [-0.2, -0.15) is 0 Å². The van der Waals surface area contributed by atoms with Crippen LogP contribution >= 0.6 is 0 Å². The van der Waals surface area contributed by atoms with Crippen LogP contribution in [0.15, 0.2) is 11.6 Å². The largest absolute Gasteiger partial charge is 0.261 e. The van der Waals surface area contributed by atoms with Gasteiger partial charge in [0, 0.05) is 6.54 Å². The molecule has 11 heavy (non-hydrogen) atoms. The second kappa shape index (κ2) is 6.38. The minimum absolute atomic E-state index is 0.706. The highest BCUT2D eigenvalue weighted by atomic mass is 15.3. The van der Waals surface area contributed by atoms with Crippen LogP contribution in [0, 0.1) is 5.92 Å². The summed E-state index contributed by atoms with van der Waals surface area (Å²) in [4.78, 5) is 0. The fourth-order valence-corrected chi connectivity index (χ4v) is 0.797. The molecule has 0 heterocycles. The van der Waals surface area contributed by atoms with E-state index in [1.165, 1.54) is 5.57 Å². The van der Waals surface area contributed by atoms with Gasteiger partial charge in [-0.3, -0.25) is 10.9 Å². The van der Waals surface area contributed by atoms with Gasteiger partial charge in [-0.25, -0.2) is 0 Å². The number of hydrazine groups is 1. The molecule has 2 heteroatoms. The summed E-state index contributed by atoms with van der Waals surface area (Å²) in [7, 11) is 1.90. The summed E-state index contributed by atoms with van der Waals surface area (Å²) < 4.78 is 0. The lowest BCUT2D eigenvalue weighted by Crippen LogP contribution is -2.31. The molecule has 0 bridgehead atoms. The summed E-state index contributed by atoms with van der Waals surface area (Å²) in [6.07, 6.45) is 3.44. The molecule has 0 spiro atoms. The maximum Gasteiger partial charge on any atom is 0.0128 e. The number of nitrogens with one attached hydrogen (secondary N) is 2. The van der Waals surface area contributed by atoms with Gasteiger partial charge < -0.3 is 0 Å². The highest BCUT2D eigenvalue weighted by Gasteiger charge is 1.96. The normalized spacial score (nSPS) is 12.7. The smallest absolute Gasteiger partial charge is 0.0128 e. The van der Waals surface area contributed by atoms with Crippen molar-refractivity contribution < 1.29 is 0 Å². The first-order valence-electron chi connectivity index (χ1n) is 4.19. The standard InChI is InChI=1S/C9H20N2/c1-8(2)5-6-9(3)7-11-10-4/h5,9-11H,6-7H2,1-4H3. The van der Waals surface area contributed by atoms with Crippen molar-refractivity contribution in [3.8, 4) is 0 Å². The third-order valence-corrected chi connectivity index (χ3v) is 1.56. The molecule has 1 atom stereocenters. The molecule has 0 fully saturated rings. The zero-order valence-corrected chi connectivity index (χ0v) is 8.07. The maximum atomic E-state index is 3.09. The van der Waals surface area contributed by atoms with E-state index in [0.29, 0.717) is 5.92 Å². The average molecular weight is 156 g/mol. The van der Waals surface area contributed by atoms with Gasteiger partial charge in [0.2, 0.25) is 0 Å². The molecule has 0 saturated heterocycles. The number of allylic oxidation sites excluding steroid dienone is 2.